The quantitative estimate of drug-likeness (QED) is 0.632. The van der Waals surface area contributed by atoms with Gasteiger partial charge in [0, 0.05) is 27.7 Å². The van der Waals surface area contributed by atoms with Gasteiger partial charge >= 0.3 is 0 Å². The zero-order valence-electron chi connectivity index (χ0n) is 9.21. The first-order valence-electron chi connectivity index (χ1n) is 5.52. The summed E-state index contributed by atoms with van der Waals surface area (Å²) in [5, 5.41) is 3.48. The molecule has 0 radical (unpaired) electrons. The van der Waals surface area contributed by atoms with E-state index in [2.05, 4.69) is 46.0 Å². The fraction of sp³-hybridized carbons (Fsp3) is 0.385. The second-order valence-corrected chi connectivity index (χ2v) is 6.12. The van der Waals surface area contributed by atoms with Crippen LogP contribution in [0.4, 0.5) is 0 Å². The Kier molecular flexibility index (Phi) is 4.50. The fourth-order valence-electron chi connectivity index (χ4n) is 1.37. The lowest BCUT2D eigenvalue weighted by molar-refractivity contribution is 0.736. The Balaban J connectivity index is 1.71. The van der Waals surface area contributed by atoms with Crippen LogP contribution in [0.5, 0.6) is 0 Å². The third-order valence-corrected chi connectivity index (χ3v) is 4.09. The van der Waals surface area contributed by atoms with E-state index in [9.17, 15) is 0 Å². The van der Waals surface area contributed by atoms with Gasteiger partial charge in [-0.05, 0) is 31.0 Å². The molecule has 86 valence electrons. The molecule has 1 nitrogen and oxygen atoms in total. The Morgan fingerprint density at radius 2 is 2.31 bits per heavy atom. The van der Waals surface area contributed by atoms with Crippen molar-refractivity contribution in [1.29, 1.82) is 0 Å². The first-order valence-corrected chi connectivity index (χ1v) is 7.30. The Bertz CT molecular complexity index is 374. The van der Waals surface area contributed by atoms with Crippen LogP contribution in [0.3, 0.4) is 0 Å². The van der Waals surface area contributed by atoms with Crippen molar-refractivity contribution in [2.24, 2.45) is 0 Å². The standard InChI is InChI=1S/C13H16BrNS/c1-10(8-15-12-5-6-12)9-16-13-4-2-3-11(14)7-13/h2-4,7,12,15H,1,5-6,8-9H2. The van der Waals surface area contributed by atoms with Gasteiger partial charge in [0.15, 0.2) is 0 Å². The molecule has 2 rings (SSSR count). The van der Waals surface area contributed by atoms with Gasteiger partial charge in [-0.1, -0.05) is 34.1 Å². The van der Waals surface area contributed by atoms with Crippen LogP contribution in [0.25, 0.3) is 0 Å². The minimum atomic E-state index is 0.771. The fourth-order valence-corrected chi connectivity index (χ4v) is 2.78. The Hall–Kier alpha value is -0.250. The van der Waals surface area contributed by atoms with E-state index in [1.165, 1.54) is 23.3 Å². The summed E-state index contributed by atoms with van der Waals surface area (Å²) in [6.07, 6.45) is 2.68. The molecular weight excluding hydrogens is 282 g/mol. The van der Waals surface area contributed by atoms with Crippen LogP contribution >= 0.6 is 27.7 Å². The van der Waals surface area contributed by atoms with Gasteiger partial charge in [-0.2, -0.15) is 0 Å². The van der Waals surface area contributed by atoms with E-state index in [1.54, 1.807) is 0 Å². The highest BCUT2D eigenvalue weighted by molar-refractivity contribution is 9.10. The molecule has 0 bridgehead atoms. The summed E-state index contributed by atoms with van der Waals surface area (Å²) >= 11 is 5.32. The van der Waals surface area contributed by atoms with Crippen molar-refractivity contribution in [3.05, 3.63) is 40.9 Å². The number of hydrogen-bond acceptors (Lipinski definition) is 2. The second-order valence-electron chi connectivity index (χ2n) is 4.15. The van der Waals surface area contributed by atoms with Gasteiger partial charge in [0.1, 0.15) is 0 Å². The third kappa shape index (κ3) is 4.32. The molecule has 0 aliphatic heterocycles. The van der Waals surface area contributed by atoms with Crippen LogP contribution in [-0.4, -0.2) is 18.3 Å². The molecule has 1 saturated carbocycles. The van der Waals surface area contributed by atoms with Crippen molar-refractivity contribution >= 4 is 27.7 Å². The Labute approximate surface area is 110 Å². The minimum absolute atomic E-state index is 0.771. The molecule has 0 saturated heterocycles. The van der Waals surface area contributed by atoms with Gasteiger partial charge in [-0.3, -0.25) is 0 Å². The van der Waals surface area contributed by atoms with Crippen LogP contribution in [-0.2, 0) is 0 Å². The van der Waals surface area contributed by atoms with Crippen molar-refractivity contribution in [2.45, 2.75) is 23.8 Å². The maximum atomic E-state index is 4.10. The highest BCUT2D eigenvalue weighted by Crippen LogP contribution is 2.24. The predicted molar refractivity (Wildman–Crippen MR) is 75.0 cm³/mol. The molecule has 1 aromatic carbocycles. The van der Waals surface area contributed by atoms with E-state index in [4.69, 9.17) is 0 Å². The first-order chi connectivity index (χ1) is 7.74. The molecule has 1 aliphatic carbocycles. The molecule has 0 amide bonds. The lowest BCUT2D eigenvalue weighted by Crippen LogP contribution is -2.19. The molecule has 16 heavy (non-hydrogen) atoms. The van der Waals surface area contributed by atoms with Crippen LogP contribution in [0, 0.1) is 0 Å². The molecule has 1 aromatic rings. The average Bonchev–Trinajstić information content (AvgIpc) is 3.07. The van der Waals surface area contributed by atoms with Gasteiger partial charge in [0.05, 0.1) is 0 Å². The van der Waals surface area contributed by atoms with Gasteiger partial charge in [0.2, 0.25) is 0 Å². The van der Waals surface area contributed by atoms with Gasteiger partial charge in [-0.15, -0.1) is 11.8 Å². The lowest BCUT2D eigenvalue weighted by Gasteiger charge is -2.06. The highest BCUT2D eigenvalue weighted by atomic mass is 79.9. The predicted octanol–water partition coefficient (Wildman–Crippen LogP) is 3.85. The zero-order chi connectivity index (χ0) is 11.4. The molecule has 1 N–H and O–H groups in total. The average molecular weight is 298 g/mol. The van der Waals surface area contributed by atoms with Crippen LogP contribution in [0.2, 0.25) is 0 Å². The molecule has 1 aliphatic rings. The number of thioether (sulfide) groups is 1. The van der Waals surface area contributed by atoms with Gasteiger partial charge in [0.25, 0.3) is 0 Å². The van der Waals surface area contributed by atoms with E-state index in [-0.39, 0.29) is 0 Å². The van der Waals surface area contributed by atoms with Crippen molar-refractivity contribution in [2.75, 3.05) is 12.3 Å². The van der Waals surface area contributed by atoms with E-state index in [1.807, 2.05) is 17.8 Å². The molecule has 0 atom stereocenters. The largest absolute Gasteiger partial charge is 0.310 e. The summed E-state index contributed by atoms with van der Waals surface area (Å²) in [6, 6.07) is 9.17. The van der Waals surface area contributed by atoms with Crippen molar-refractivity contribution in [1.82, 2.24) is 5.32 Å². The molecular formula is C13H16BrNS. The van der Waals surface area contributed by atoms with E-state index >= 15 is 0 Å². The van der Waals surface area contributed by atoms with Crippen LogP contribution < -0.4 is 5.32 Å². The minimum Gasteiger partial charge on any atom is -0.310 e. The maximum Gasteiger partial charge on any atom is 0.0200 e. The topological polar surface area (TPSA) is 12.0 Å². The first kappa shape index (κ1) is 12.2. The summed E-state index contributed by atoms with van der Waals surface area (Å²) in [6.45, 7) is 5.06. The highest BCUT2D eigenvalue weighted by Gasteiger charge is 2.19. The normalized spacial score (nSPS) is 15.1. The second kappa shape index (κ2) is 5.89. The monoisotopic (exact) mass is 297 g/mol. The summed E-state index contributed by atoms with van der Waals surface area (Å²) in [7, 11) is 0. The van der Waals surface area contributed by atoms with Crippen molar-refractivity contribution in [3.63, 3.8) is 0 Å². The van der Waals surface area contributed by atoms with E-state index in [0.717, 1.165) is 22.8 Å². The molecule has 0 spiro atoms. The van der Waals surface area contributed by atoms with Crippen LogP contribution in [0.15, 0.2) is 45.8 Å². The molecule has 0 heterocycles. The summed E-state index contributed by atoms with van der Waals surface area (Å²) in [4.78, 5) is 1.29. The van der Waals surface area contributed by atoms with E-state index in [0.29, 0.717) is 0 Å². The summed E-state index contributed by atoms with van der Waals surface area (Å²) in [5.74, 6) is 0.996. The van der Waals surface area contributed by atoms with Crippen molar-refractivity contribution < 1.29 is 0 Å². The number of nitrogens with one attached hydrogen (secondary N) is 1. The number of rotatable bonds is 6. The van der Waals surface area contributed by atoms with Crippen molar-refractivity contribution in [3.8, 4) is 0 Å². The van der Waals surface area contributed by atoms with Gasteiger partial charge in [-0.25, -0.2) is 0 Å². The lowest BCUT2D eigenvalue weighted by atomic mass is 10.3. The summed E-state index contributed by atoms with van der Waals surface area (Å²) < 4.78 is 1.14. The molecule has 0 aromatic heterocycles. The number of hydrogen-bond donors (Lipinski definition) is 1. The SMILES string of the molecule is C=C(CNC1CC1)CSc1cccc(Br)c1. The smallest absolute Gasteiger partial charge is 0.0200 e. The van der Waals surface area contributed by atoms with Gasteiger partial charge < -0.3 is 5.32 Å². The molecule has 1 fully saturated rings. The third-order valence-electron chi connectivity index (χ3n) is 2.46. The Morgan fingerprint density at radius 3 is 3.00 bits per heavy atom. The van der Waals surface area contributed by atoms with E-state index < -0.39 is 0 Å². The Morgan fingerprint density at radius 1 is 1.50 bits per heavy atom. The molecule has 0 unspecified atom stereocenters. The maximum absolute atomic E-state index is 4.10. The number of benzene rings is 1. The molecule has 3 heteroatoms. The number of halogens is 1. The zero-order valence-corrected chi connectivity index (χ0v) is 11.6. The van der Waals surface area contributed by atoms with Crippen LogP contribution in [0.1, 0.15) is 12.8 Å². The summed E-state index contributed by atoms with van der Waals surface area (Å²) in [5.41, 5.74) is 1.27.